The third-order valence-electron chi connectivity index (χ3n) is 4.44. The Morgan fingerprint density at radius 2 is 1.70 bits per heavy atom. The summed E-state index contributed by atoms with van der Waals surface area (Å²) in [6.45, 7) is 1.82. The number of amidine groups is 1. The van der Waals surface area contributed by atoms with Crippen LogP contribution in [0.25, 0.3) is 4.91 Å². The van der Waals surface area contributed by atoms with E-state index in [0.717, 1.165) is 12.8 Å². The van der Waals surface area contributed by atoms with Crippen LogP contribution in [0.15, 0.2) is 34.8 Å². The van der Waals surface area contributed by atoms with Gasteiger partial charge in [-0.25, -0.2) is 8.42 Å². The van der Waals surface area contributed by atoms with Gasteiger partial charge in [0, 0.05) is 10.6 Å². The van der Waals surface area contributed by atoms with E-state index in [1.165, 1.54) is 25.7 Å². The van der Waals surface area contributed by atoms with E-state index in [-0.39, 0.29) is 6.04 Å². The maximum atomic E-state index is 12.5. The van der Waals surface area contributed by atoms with Crippen molar-refractivity contribution in [2.45, 2.75) is 51.5 Å². The van der Waals surface area contributed by atoms with Crippen molar-refractivity contribution < 1.29 is 8.42 Å². The first kappa shape index (κ1) is 16.5. The molecule has 124 valence electrons. The van der Waals surface area contributed by atoms with Gasteiger partial charge in [-0.2, -0.15) is 0 Å². The second kappa shape index (κ2) is 6.65. The summed E-state index contributed by atoms with van der Waals surface area (Å²) in [6.07, 6.45) is 6.90. The number of aliphatic imine (C=N–C) groups is 1. The highest BCUT2D eigenvalue weighted by molar-refractivity contribution is 8.00. The van der Waals surface area contributed by atoms with Crippen LogP contribution in [0.3, 0.4) is 0 Å². The van der Waals surface area contributed by atoms with Crippen molar-refractivity contribution in [3.05, 3.63) is 40.4 Å². The molecule has 1 aliphatic heterocycles. The third-order valence-corrected chi connectivity index (χ3v) is 6.23. The quantitative estimate of drug-likeness (QED) is 0.814. The number of benzene rings is 1. The minimum atomic E-state index is -3.56. The lowest BCUT2D eigenvalue weighted by molar-refractivity contribution is 0.583. The average Bonchev–Trinajstić information content (AvgIpc) is 2.69. The minimum Gasteiger partial charge on any atom is -0.264 e. The van der Waals surface area contributed by atoms with Crippen LogP contribution in [0, 0.1) is 0 Å². The van der Waals surface area contributed by atoms with Crippen LogP contribution in [0.4, 0.5) is 0 Å². The Bertz CT molecular complexity index is 743. The molecule has 1 saturated carbocycles. The van der Waals surface area contributed by atoms with Crippen molar-refractivity contribution in [2.75, 3.05) is 0 Å². The Balaban J connectivity index is 1.96. The largest absolute Gasteiger partial charge is 0.264 e. The van der Waals surface area contributed by atoms with Crippen LogP contribution >= 0.6 is 11.6 Å². The molecule has 0 aromatic heterocycles. The summed E-state index contributed by atoms with van der Waals surface area (Å²) in [5.41, 5.74) is 1.34. The van der Waals surface area contributed by atoms with E-state index >= 15 is 0 Å². The van der Waals surface area contributed by atoms with Gasteiger partial charge in [-0.3, -0.25) is 9.71 Å². The Kier molecular flexibility index (Phi) is 4.78. The molecule has 1 heterocycles. The fraction of sp³-hybridized carbons (Fsp3) is 0.471. The van der Waals surface area contributed by atoms with E-state index in [1.807, 2.05) is 6.92 Å². The van der Waals surface area contributed by atoms with E-state index < -0.39 is 10.0 Å². The maximum Gasteiger partial charge on any atom is 0.264 e. The maximum absolute atomic E-state index is 12.5. The molecule has 0 saturated heterocycles. The molecule has 1 aromatic rings. The molecule has 1 N–H and O–H groups in total. The molecule has 0 spiro atoms. The molecule has 1 aromatic carbocycles. The summed E-state index contributed by atoms with van der Waals surface area (Å²) in [7, 11) is -3.56. The predicted octanol–water partition coefficient (Wildman–Crippen LogP) is 4.13. The summed E-state index contributed by atoms with van der Waals surface area (Å²) in [4.78, 5) is 5.01. The van der Waals surface area contributed by atoms with Crippen molar-refractivity contribution in [1.82, 2.24) is 4.72 Å². The Hall–Kier alpha value is -1.33. The number of nitrogens with one attached hydrogen (secondary N) is 1. The zero-order valence-corrected chi connectivity index (χ0v) is 14.8. The molecule has 0 unspecified atom stereocenters. The number of rotatable bonds is 2. The lowest BCUT2D eigenvalue weighted by atomic mass is 10.1. The van der Waals surface area contributed by atoms with Crippen molar-refractivity contribution in [3.8, 4) is 0 Å². The van der Waals surface area contributed by atoms with Gasteiger partial charge in [0.2, 0.25) is 0 Å². The van der Waals surface area contributed by atoms with E-state index in [0.29, 0.717) is 26.9 Å². The fourth-order valence-corrected chi connectivity index (χ4v) is 4.86. The van der Waals surface area contributed by atoms with Crippen molar-refractivity contribution in [3.63, 3.8) is 0 Å². The van der Waals surface area contributed by atoms with Gasteiger partial charge in [-0.05, 0) is 37.5 Å². The van der Waals surface area contributed by atoms with Gasteiger partial charge < -0.3 is 0 Å². The molecule has 3 rings (SSSR count). The smallest absolute Gasteiger partial charge is 0.264 e. The van der Waals surface area contributed by atoms with Crippen LogP contribution in [0.2, 0.25) is 5.02 Å². The summed E-state index contributed by atoms with van der Waals surface area (Å²) in [5.74, 6) is 0.502. The van der Waals surface area contributed by atoms with Gasteiger partial charge in [-0.1, -0.05) is 49.4 Å². The van der Waals surface area contributed by atoms with Crippen molar-refractivity contribution >= 4 is 32.4 Å². The summed E-state index contributed by atoms with van der Waals surface area (Å²) in [6, 6.07) is 7.08. The number of nitrogens with zero attached hydrogens (tertiary/aromatic N) is 1. The molecule has 4 nitrogen and oxygen atoms in total. The first-order valence-electron chi connectivity index (χ1n) is 8.05. The van der Waals surface area contributed by atoms with Gasteiger partial charge in [0.15, 0.2) is 0 Å². The second-order valence-electron chi connectivity index (χ2n) is 6.19. The van der Waals surface area contributed by atoms with Crippen LogP contribution < -0.4 is 4.72 Å². The van der Waals surface area contributed by atoms with Crippen LogP contribution in [-0.2, 0) is 10.0 Å². The van der Waals surface area contributed by atoms with E-state index in [9.17, 15) is 8.42 Å². The highest BCUT2D eigenvalue weighted by Crippen LogP contribution is 2.31. The summed E-state index contributed by atoms with van der Waals surface area (Å²) < 4.78 is 27.6. The van der Waals surface area contributed by atoms with E-state index in [4.69, 9.17) is 16.6 Å². The normalized spacial score (nSPS) is 23.8. The molecule has 1 aliphatic carbocycles. The number of sulfonamides is 1. The van der Waals surface area contributed by atoms with E-state index in [2.05, 4.69) is 4.72 Å². The van der Waals surface area contributed by atoms with Crippen LogP contribution in [0.5, 0.6) is 0 Å². The lowest BCUT2D eigenvalue weighted by Crippen LogP contribution is -2.25. The van der Waals surface area contributed by atoms with Crippen molar-refractivity contribution in [2.24, 2.45) is 4.99 Å². The fourth-order valence-electron chi connectivity index (χ4n) is 3.23. The molecule has 23 heavy (non-hydrogen) atoms. The third kappa shape index (κ3) is 3.61. The Morgan fingerprint density at radius 3 is 2.30 bits per heavy atom. The van der Waals surface area contributed by atoms with Crippen molar-refractivity contribution in [1.29, 1.82) is 0 Å². The van der Waals surface area contributed by atoms with Crippen LogP contribution in [-0.4, -0.2) is 20.3 Å². The van der Waals surface area contributed by atoms with Gasteiger partial charge >= 0.3 is 0 Å². The molecule has 1 fully saturated rings. The van der Waals surface area contributed by atoms with Crippen LogP contribution in [0.1, 0.15) is 51.0 Å². The van der Waals surface area contributed by atoms with Gasteiger partial charge in [-0.15, -0.1) is 0 Å². The summed E-state index contributed by atoms with van der Waals surface area (Å²) in [5, 5.41) is 0.586. The topological polar surface area (TPSA) is 58.5 Å². The van der Waals surface area contributed by atoms with Gasteiger partial charge in [0.25, 0.3) is 10.0 Å². The van der Waals surface area contributed by atoms with Gasteiger partial charge in [0.05, 0.1) is 6.04 Å². The molecule has 0 amide bonds. The van der Waals surface area contributed by atoms with E-state index in [1.54, 1.807) is 24.3 Å². The highest BCUT2D eigenvalue weighted by Gasteiger charge is 2.33. The Morgan fingerprint density at radius 1 is 1.09 bits per heavy atom. The molecule has 2 aliphatic rings. The zero-order valence-electron chi connectivity index (χ0n) is 13.2. The lowest BCUT2D eigenvalue weighted by Gasteiger charge is -2.10. The first-order chi connectivity index (χ1) is 11.0. The number of hydrogen-bond donors (Lipinski definition) is 1. The standard InChI is InChI=1S/C17H21ClN2O2S/c1-12-16(13-8-10-14(18)11-9-13)23(21,22)20-17(12)19-15-6-4-2-3-5-7-15/h8-11,15H,2-7H2,1H3,(H,19,20). The number of halogens is 1. The monoisotopic (exact) mass is 352 g/mol. The molecule has 6 heteroatoms. The molecular weight excluding hydrogens is 332 g/mol. The minimum absolute atomic E-state index is 0.217. The molecule has 0 bridgehead atoms. The highest BCUT2D eigenvalue weighted by atomic mass is 35.5. The molecular formula is C17H21ClN2O2S. The van der Waals surface area contributed by atoms with Gasteiger partial charge in [0.1, 0.15) is 10.7 Å². The average molecular weight is 353 g/mol. The molecule has 0 atom stereocenters. The Labute approximate surface area is 142 Å². The first-order valence-corrected chi connectivity index (χ1v) is 9.91. The summed E-state index contributed by atoms with van der Waals surface area (Å²) >= 11 is 5.89. The predicted molar refractivity (Wildman–Crippen MR) is 95.0 cm³/mol. The second-order valence-corrected chi connectivity index (χ2v) is 8.25. The molecule has 0 radical (unpaired) electrons. The number of hydrogen-bond acceptors (Lipinski definition) is 3. The SMILES string of the molecule is CC1=C(c2ccc(Cl)cc2)S(=O)(=O)NC1=NC1CCCCCC1. The zero-order chi connectivity index (χ0) is 16.4.